The molecule has 0 unspecified atom stereocenters. The van der Waals surface area contributed by atoms with Crippen LogP contribution < -0.4 is 10.1 Å². The lowest BCUT2D eigenvalue weighted by atomic mass is 10.2. The van der Waals surface area contributed by atoms with Crippen molar-refractivity contribution in [3.8, 4) is 5.75 Å². The lowest BCUT2D eigenvalue weighted by molar-refractivity contribution is -0.135. The number of amides is 2. The lowest BCUT2D eigenvalue weighted by Crippen LogP contribution is -2.37. The number of halogens is 4. The Morgan fingerprint density at radius 1 is 1.00 bits per heavy atom. The standard InChI is InChI=1S/C17H14F4N2O3/c1-23(15(25)9-26-13-5-3-2-4-10(13)18)8-14(24)22-12-7-6-11(19)16(20)17(12)21/h2-7H,8-9H2,1H3,(H,22,24). The minimum Gasteiger partial charge on any atom is -0.481 e. The summed E-state index contributed by atoms with van der Waals surface area (Å²) in [5.41, 5.74) is -0.558. The normalized spacial score (nSPS) is 10.3. The zero-order valence-corrected chi connectivity index (χ0v) is 13.6. The van der Waals surface area contributed by atoms with Gasteiger partial charge in [0.1, 0.15) is 0 Å². The first-order chi connectivity index (χ1) is 12.3. The Kier molecular flexibility index (Phi) is 6.16. The van der Waals surface area contributed by atoms with E-state index in [0.717, 1.165) is 17.0 Å². The Balaban J connectivity index is 1.89. The molecule has 0 fully saturated rings. The highest BCUT2D eigenvalue weighted by Crippen LogP contribution is 2.19. The van der Waals surface area contributed by atoms with Crippen LogP contribution in [0.2, 0.25) is 0 Å². The first kappa shape index (κ1) is 19.2. The maximum atomic E-state index is 13.5. The van der Waals surface area contributed by atoms with Gasteiger partial charge in [0, 0.05) is 7.05 Å². The largest absolute Gasteiger partial charge is 0.481 e. The van der Waals surface area contributed by atoms with Crippen molar-refractivity contribution in [1.29, 1.82) is 0 Å². The molecule has 2 amide bonds. The van der Waals surface area contributed by atoms with E-state index in [-0.39, 0.29) is 5.75 Å². The van der Waals surface area contributed by atoms with Gasteiger partial charge in [-0.3, -0.25) is 9.59 Å². The van der Waals surface area contributed by atoms with E-state index < -0.39 is 53.9 Å². The van der Waals surface area contributed by atoms with Gasteiger partial charge in [-0.1, -0.05) is 12.1 Å². The number of carbonyl (C=O) groups excluding carboxylic acids is 2. The number of nitrogens with zero attached hydrogens (tertiary/aromatic N) is 1. The van der Waals surface area contributed by atoms with Gasteiger partial charge in [-0.05, 0) is 24.3 Å². The smallest absolute Gasteiger partial charge is 0.260 e. The van der Waals surface area contributed by atoms with Crippen molar-refractivity contribution in [2.24, 2.45) is 0 Å². The first-order valence-corrected chi connectivity index (χ1v) is 7.34. The first-order valence-electron chi connectivity index (χ1n) is 7.34. The molecule has 2 rings (SSSR count). The number of anilines is 1. The summed E-state index contributed by atoms with van der Waals surface area (Å²) in [6, 6.07) is 6.99. The molecule has 2 aromatic carbocycles. The second-order valence-corrected chi connectivity index (χ2v) is 5.24. The maximum absolute atomic E-state index is 13.5. The van der Waals surface area contributed by atoms with Gasteiger partial charge in [0.25, 0.3) is 5.91 Å². The van der Waals surface area contributed by atoms with Crippen molar-refractivity contribution in [3.05, 3.63) is 59.7 Å². The van der Waals surface area contributed by atoms with E-state index in [9.17, 15) is 27.2 Å². The molecule has 0 spiro atoms. The average Bonchev–Trinajstić information content (AvgIpc) is 2.61. The molecule has 0 atom stereocenters. The molecule has 2 aromatic rings. The lowest BCUT2D eigenvalue weighted by Gasteiger charge is -2.17. The van der Waals surface area contributed by atoms with E-state index in [2.05, 4.69) is 0 Å². The molecular formula is C17H14F4N2O3. The number of nitrogens with one attached hydrogen (secondary N) is 1. The summed E-state index contributed by atoms with van der Waals surface area (Å²) >= 11 is 0. The monoisotopic (exact) mass is 370 g/mol. The Morgan fingerprint density at radius 2 is 1.69 bits per heavy atom. The Labute approximate surface area is 146 Å². The molecule has 9 heteroatoms. The summed E-state index contributed by atoms with van der Waals surface area (Å²) in [4.78, 5) is 24.7. The highest BCUT2D eigenvalue weighted by molar-refractivity contribution is 5.94. The molecule has 0 aliphatic carbocycles. The fraction of sp³-hybridized carbons (Fsp3) is 0.176. The van der Waals surface area contributed by atoms with Gasteiger partial charge in [0.2, 0.25) is 5.91 Å². The third-order valence-electron chi connectivity index (χ3n) is 3.30. The molecule has 5 nitrogen and oxygen atoms in total. The minimum atomic E-state index is -1.72. The third-order valence-corrected chi connectivity index (χ3v) is 3.30. The number of likely N-dealkylation sites (N-methyl/N-ethyl adjacent to an activating group) is 1. The van der Waals surface area contributed by atoms with Gasteiger partial charge in [-0.2, -0.15) is 0 Å². The second kappa shape index (κ2) is 8.32. The molecule has 0 aliphatic heterocycles. The quantitative estimate of drug-likeness (QED) is 0.628. The van der Waals surface area contributed by atoms with E-state index >= 15 is 0 Å². The molecule has 138 valence electrons. The van der Waals surface area contributed by atoms with Crippen LogP contribution in [0.3, 0.4) is 0 Å². The Bertz CT molecular complexity index is 830. The molecule has 0 aromatic heterocycles. The van der Waals surface area contributed by atoms with Gasteiger partial charge < -0.3 is 15.0 Å². The Hall–Kier alpha value is -3.10. The van der Waals surface area contributed by atoms with Crippen LogP contribution in [0, 0.1) is 23.3 Å². The molecule has 26 heavy (non-hydrogen) atoms. The highest BCUT2D eigenvalue weighted by Gasteiger charge is 2.18. The number of hydrogen-bond acceptors (Lipinski definition) is 3. The number of benzene rings is 2. The predicted molar refractivity (Wildman–Crippen MR) is 84.5 cm³/mol. The zero-order valence-electron chi connectivity index (χ0n) is 13.6. The van der Waals surface area contributed by atoms with Crippen molar-refractivity contribution in [2.45, 2.75) is 0 Å². The second-order valence-electron chi connectivity index (χ2n) is 5.24. The summed E-state index contributed by atoms with van der Waals surface area (Å²) < 4.78 is 57.9. The fourth-order valence-electron chi connectivity index (χ4n) is 1.93. The fourth-order valence-corrected chi connectivity index (χ4v) is 1.93. The van der Waals surface area contributed by atoms with E-state index in [4.69, 9.17) is 4.74 Å². The van der Waals surface area contributed by atoms with Crippen molar-refractivity contribution in [2.75, 3.05) is 25.5 Å². The van der Waals surface area contributed by atoms with Crippen LogP contribution in [0.4, 0.5) is 23.2 Å². The summed E-state index contributed by atoms with van der Waals surface area (Å²) in [6.45, 7) is -1.03. The predicted octanol–water partition coefficient (Wildman–Crippen LogP) is 2.72. The molecule has 0 bridgehead atoms. The van der Waals surface area contributed by atoms with Crippen molar-refractivity contribution in [3.63, 3.8) is 0 Å². The van der Waals surface area contributed by atoms with Crippen LogP contribution in [-0.2, 0) is 9.59 Å². The number of carbonyl (C=O) groups is 2. The number of hydrogen-bond donors (Lipinski definition) is 1. The zero-order chi connectivity index (χ0) is 19.3. The van der Waals surface area contributed by atoms with Crippen LogP contribution >= 0.6 is 0 Å². The number of ether oxygens (including phenoxy) is 1. The topological polar surface area (TPSA) is 58.6 Å². The SMILES string of the molecule is CN(CC(=O)Nc1ccc(F)c(F)c1F)C(=O)COc1ccccc1F. The van der Waals surface area contributed by atoms with Gasteiger partial charge in [0.05, 0.1) is 12.2 Å². The molecule has 0 aliphatic rings. The van der Waals surface area contributed by atoms with E-state index in [1.807, 2.05) is 5.32 Å². The van der Waals surface area contributed by atoms with Crippen LogP contribution in [0.1, 0.15) is 0 Å². The summed E-state index contributed by atoms with van der Waals surface area (Å²) in [5.74, 6) is -6.90. The average molecular weight is 370 g/mol. The van der Waals surface area contributed by atoms with E-state index in [1.165, 1.54) is 25.2 Å². The van der Waals surface area contributed by atoms with Gasteiger partial charge in [-0.15, -0.1) is 0 Å². The minimum absolute atomic E-state index is 0.123. The highest BCUT2D eigenvalue weighted by atomic mass is 19.2. The number of para-hydroxylation sites is 1. The molecule has 1 N–H and O–H groups in total. The maximum Gasteiger partial charge on any atom is 0.260 e. The molecule has 0 saturated carbocycles. The van der Waals surface area contributed by atoms with Crippen LogP contribution in [0.25, 0.3) is 0 Å². The Morgan fingerprint density at radius 3 is 2.38 bits per heavy atom. The van der Waals surface area contributed by atoms with Crippen molar-refractivity contribution >= 4 is 17.5 Å². The number of rotatable bonds is 6. The van der Waals surface area contributed by atoms with Gasteiger partial charge >= 0.3 is 0 Å². The molecule has 0 heterocycles. The van der Waals surface area contributed by atoms with Crippen molar-refractivity contribution in [1.82, 2.24) is 4.90 Å². The third kappa shape index (κ3) is 4.71. The molecular weight excluding hydrogens is 356 g/mol. The van der Waals surface area contributed by atoms with Crippen LogP contribution in [-0.4, -0.2) is 36.9 Å². The van der Waals surface area contributed by atoms with Gasteiger partial charge in [-0.25, -0.2) is 17.6 Å². The van der Waals surface area contributed by atoms with E-state index in [1.54, 1.807) is 0 Å². The van der Waals surface area contributed by atoms with Crippen molar-refractivity contribution < 1.29 is 31.9 Å². The van der Waals surface area contributed by atoms with Crippen LogP contribution in [0.15, 0.2) is 36.4 Å². The van der Waals surface area contributed by atoms with Gasteiger partial charge in [0.15, 0.2) is 35.6 Å². The summed E-state index contributed by atoms with van der Waals surface area (Å²) in [7, 11) is 1.27. The molecule has 0 radical (unpaired) electrons. The van der Waals surface area contributed by atoms with Crippen LogP contribution in [0.5, 0.6) is 5.75 Å². The summed E-state index contributed by atoms with van der Waals surface area (Å²) in [5, 5.41) is 2.03. The summed E-state index contributed by atoms with van der Waals surface area (Å²) in [6.07, 6.45) is 0. The van der Waals surface area contributed by atoms with E-state index in [0.29, 0.717) is 6.07 Å². The molecule has 0 saturated heterocycles.